The van der Waals surface area contributed by atoms with Crippen molar-refractivity contribution in [2.45, 2.75) is 12.6 Å². The summed E-state index contributed by atoms with van der Waals surface area (Å²) in [5.41, 5.74) is 3.31. The van der Waals surface area contributed by atoms with Gasteiger partial charge in [0, 0.05) is 50.2 Å². The van der Waals surface area contributed by atoms with Gasteiger partial charge in [-0.3, -0.25) is 0 Å². The van der Waals surface area contributed by atoms with Crippen LogP contribution < -0.4 is 15.1 Å². The number of hydrogen-bond acceptors (Lipinski definition) is 6. The highest BCUT2D eigenvalue weighted by Gasteiger charge is 2.22. The molecule has 5 rings (SSSR count). The third-order valence-electron chi connectivity index (χ3n) is 5.30. The van der Waals surface area contributed by atoms with Crippen LogP contribution in [0.3, 0.4) is 0 Å². The van der Waals surface area contributed by atoms with Crippen molar-refractivity contribution in [2.75, 3.05) is 49.1 Å². The number of thiazole rings is 1. The quantitative estimate of drug-likeness (QED) is 0.752. The first-order valence-corrected chi connectivity index (χ1v) is 10.3. The fourth-order valence-electron chi connectivity index (χ4n) is 3.78. The van der Waals surface area contributed by atoms with Gasteiger partial charge in [-0.1, -0.05) is 0 Å². The predicted octanol–water partition coefficient (Wildman–Crippen LogP) is 3.32. The molecule has 27 heavy (non-hydrogen) atoms. The zero-order valence-electron chi connectivity index (χ0n) is 15.1. The smallest absolute Gasteiger partial charge is 0.128 e. The van der Waals surface area contributed by atoms with Crippen LogP contribution in [0.2, 0.25) is 0 Å². The molecule has 1 aromatic carbocycles. The van der Waals surface area contributed by atoms with Crippen molar-refractivity contribution in [1.82, 2.24) is 15.3 Å². The number of aromatic nitrogens is 2. The lowest BCUT2D eigenvalue weighted by Crippen LogP contribution is -2.43. The van der Waals surface area contributed by atoms with E-state index in [1.165, 1.54) is 10.4 Å². The van der Waals surface area contributed by atoms with Gasteiger partial charge in [0.15, 0.2) is 0 Å². The van der Waals surface area contributed by atoms with Crippen molar-refractivity contribution in [2.24, 2.45) is 0 Å². The molecule has 0 amide bonds. The second-order valence-electron chi connectivity index (χ2n) is 7.15. The summed E-state index contributed by atoms with van der Waals surface area (Å²) in [5, 5.41) is 4.37. The van der Waals surface area contributed by atoms with E-state index < -0.39 is 6.17 Å². The molecule has 2 aliphatic rings. The molecule has 5 nitrogen and oxygen atoms in total. The standard InChI is InChI=1S/C20H22FN5S/c21-15-5-8-26(13-15)19-4-1-14(12-23-19)20-24-17-3-2-16(11-18(17)27-20)25-9-6-22-7-10-25/h1-4,11-12,15,22H,5-10,13H2/t15-/m1/s1. The summed E-state index contributed by atoms with van der Waals surface area (Å²) in [6, 6.07) is 10.5. The number of nitrogens with zero attached hydrogens (tertiary/aromatic N) is 4. The summed E-state index contributed by atoms with van der Waals surface area (Å²) < 4.78 is 14.6. The van der Waals surface area contributed by atoms with E-state index in [9.17, 15) is 4.39 Å². The number of piperazine rings is 1. The van der Waals surface area contributed by atoms with E-state index in [4.69, 9.17) is 4.98 Å². The average Bonchev–Trinajstić information content (AvgIpc) is 3.34. The summed E-state index contributed by atoms with van der Waals surface area (Å²) >= 11 is 1.70. The highest BCUT2D eigenvalue weighted by molar-refractivity contribution is 7.21. The second kappa shape index (κ2) is 7.05. The maximum absolute atomic E-state index is 13.4. The number of hydrogen-bond donors (Lipinski definition) is 1. The first-order chi connectivity index (χ1) is 13.3. The number of rotatable bonds is 3. The van der Waals surface area contributed by atoms with Gasteiger partial charge >= 0.3 is 0 Å². The first-order valence-electron chi connectivity index (χ1n) is 9.48. The highest BCUT2D eigenvalue weighted by Crippen LogP contribution is 2.33. The Bertz CT molecular complexity index is 935. The van der Waals surface area contributed by atoms with Gasteiger partial charge in [-0.2, -0.15) is 0 Å². The van der Waals surface area contributed by atoms with Crippen LogP contribution in [0.4, 0.5) is 15.9 Å². The molecule has 140 valence electrons. The lowest BCUT2D eigenvalue weighted by molar-refractivity contribution is 0.364. The number of benzene rings is 1. The molecule has 0 spiro atoms. The van der Waals surface area contributed by atoms with Gasteiger partial charge in [0.1, 0.15) is 17.0 Å². The van der Waals surface area contributed by atoms with Gasteiger partial charge in [0.05, 0.1) is 16.8 Å². The number of halogens is 1. The molecule has 2 aromatic heterocycles. The second-order valence-corrected chi connectivity index (χ2v) is 8.18. The van der Waals surface area contributed by atoms with Crippen LogP contribution in [0, 0.1) is 0 Å². The molecule has 0 aliphatic carbocycles. The summed E-state index contributed by atoms with van der Waals surface area (Å²) in [4.78, 5) is 13.7. The Kier molecular flexibility index (Phi) is 4.41. The SMILES string of the molecule is F[C@@H]1CCN(c2ccc(-c3nc4ccc(N5CCNCC5)cc4s3)cn2)C1. The number of anilines is 2. The van der Waals surface area contributed by atoms with Gasteiger partial charge < -0.3 is 15.1 Å². The molecule has 7 heteroatoms. The summed E-state index contributed by atoms with van der Waals surface area (Å²) in [5.74, 6) is 0.848. The number of nitrogens with one attached hydrogen (secondary N) is 1. The van der Waals surface area contributed by atoms with E-state index in [1.54, 1.807) is 11.3 Å². The van der Waals surface area contributed by atoms with Gasteiger partial charge in [0.2, 0.25) is 0 Å². The van der Waals surface area contributed by atoms with Crippen LogP contribution in [-0.2, 0) is 0 Å². The minimum absolute atomic E-state index is 0.447. The van der Waals surface area contributed by atoms with E-state index >= 15 is 0 Å². The van der Waals surface area contributed by atoms with Crippen LogP contribution >= 0.6 is 11.3 Å². The maximum Gasteiger partial charge on any atom is 0.128 e. The molecule has 2 fully saturated rings. The number of alkyl halides is 1. The zero-order chi connectivity index (χ0) is 18.2. The van der Waals surface area contributed by atoms with Gasteiger partial charge in [-0.25, -0.2) is 14.4 Å². The zero-order valence-corrected chi connectivity index (χ0v) is 15.9. The Morgan fingerprint density at radius 1 is 1.07 bits per heavy atom. The number of pyridine rings is 1. The van der Waals surface area contributed by atoms with Crippen molar-refractivity contribution in [3.05, 3.63) is 36.5 Å². The molecule has 4 heterocycles. The van der Waals surface area contributed by atoms with Crippen molar-refractivity contribution in [3.63, 3.8) is 0 Å². The van der Waals surface area contributed by atoms with Crippen LogP contribution in [0.5, 0.6) is 0 Å². The van der Waals surface area contributed by atoms with Crippen LogP contribution in [0.25, 0.3) is 20.8 Å². The molecule has 2 saturated heterocycles. The Morgan fingerprint density at radius 2 is 1.96 bits per heavy atom. The molecular formula is C20H22FN5S. The molecule has 0 saturated carbocycles. The minimum atomic E-state index is -0.736. The molecule has 2 aliphatic heterocycles. The molecule has 1 atom stereocenters. The van der Waals surface area contributed by atoms with Crippen LogP contribution in [-0.4, -0.2) is 55.4 Å². The first kappa shape index (κ1) is 16.9. The summed E-state index contributed by atoms with van der Waals surface area (Å²) in [7, 11) is 0. The topological polar surface area (TPSA) is 44.3 Å². The summed E-state index contributed by atoms with van der Waals surface area (Å²) in [6.07, 6.45) is 1.72. The minimum Gasteiger partial charge on any atom is -0.369 e. The lowest BCUT2D eigenvalue weighted by atomic mass is 10.2. The van der Waals surface area contributed by atoms with E-state index in [2.05, 4.69) is 33.4 Å². The van der Waals surface area contributed by atoms with E-state index in [1.807, 2.05) is 23.2 Å². The third-order valence-corrected chi connectivity index (χ3v) is 6.37. The van der Waals surface area contributed by atoms with Gasteiger partial charge in [-0.05, 0) is 36.8 Å². The highest BCUT2D eigenvalue weighted by atomic mass is 32.1. The van der Waals surface area contributed by atoms with E-state index in [-0.39, 0.29) is 0 Å². The van der Waals surface area contributed by atoms with E-state index in [0.29, 0.717) is 13.0 Å². The molecule has 3 aromatic rings. The van der Waals surface area contributed by atoms with Crippen molar-refractivity contribution >= 4 is 33.1 Å². The lowest BCUT2D eigenvalue weighted by Gasteiger charge is -2.29. The fraction of sp³-hybridized carbons (Fsp3) is 0.400. The van der Waals surface area contributed by atoms with Gasteiger partial charge in [0.25, 0.3) is 0 Å². The maximum atomic E-state index is 13.4. The molecule has 1 N–H and O–H groups in total. The normalized spacial score (nSPS) is 20.6. The molecular weight excluding hydrogens is 361 g/mol. The Balaban J connectivity index is 1.39. The molecule has 0 unspecified atom stereocenters. The molecule has 0 radical (unpaired) electrons. The Labute approximate surface area is 161 Å². The number of fused-ring (bicyclic) bond motifs is 1. The predicted molar refractivity (Wildman–Crippen MR) is 110 cm³/mol. The van der Waals surface area contributed by atoms with Crippen molar-refractivity contribution in [3.8, 4) is 10.6 Å². The summed E-state index contributed by atoms with van der Waals surface area (Å²) in [6.45, 7) is 5.33. The van der Waals surface area contributed by atoms with Crippen molar-refractivity contribution < 1.29 is 4.39 Å². The monoisotopic (exact) mass is 383 g/mol. The average molecular weight is 383 g/mol. The van der Waals surface area contributed by atoms with E-state index in [0.717, 1.165) is 54.6 Å². The van der Waals surface area contributed by atoms with Crippen LogP contribution in [0.15, 0.2) is 36.5 Å². The van der Waals surface area contributed by atoms with Crippen LogP contribution in [0.1, 0.15) is 6.42 Å². The Hall–Kier alpha value is -2.25. The van der Waals surface area contributed by atoms with Crippen molar-refractivity contribution in [1.29, 1.82) is 0 Å². The van der Waals surface area contributed by atoms with Gasteiger partial charge in [-0.15, -0.1) is 11.3 Å². The largest absolute Gasteiger partial charge is 0.369 e. The molecule has 0 bridgehead atoms. The third kappa shape index (κ3) is 3.37. The Morgan fingerprint density at radius 3 is 2.70 bits per heavy atom. The fourth-order valence-corrected chi connectivity index (χ4v) is 4.77.